The van der Waals surface area contributed by atoms with Crippen molar-refractivity contribution in [1.82, 2.24) is 14.7 Å². The van der Waals surface area contributed by atoms with E-state index in [0.717, 1.165) is 0 Å². The largest absolute Gasteiger partial charge is 0.386 e. The van der Waals surface area contributed by atoms with Crippen LogP contribution in [0.4, 0.5) is 0 Å². The van der Waals surface area contributed by atoms with Gasteiger partial charge < -0.3 is 24.9 Å². The maximum absolute atomic E-state index is 12.1. The standard InChI is InChI=1S/C13H32N3O8P3/c1-2-25(19,20)9-14-3-5-15(10-26(21,22)12-17)7-8-16(6-4-14)11-27(23,24)13-18/h17-18H,2-13H2,1H3,(H,19,20)(H,21,22)(H,23,24). The molecule has 27 heavy (non-hydrogen) atoms. The molecule has 1 heterocycles. The Bertz CT molecular complexity index is 515. The summed E-state index contributed by atoms with van der Waals surface area (Å²) in [6, 6.07) is 0. The molecule has 0 aromatic rings. The predicted molar refractivity (Wildman–Crippen MR) is 104 cm³/mol. The van der Waals surface area contributed by atoms with Crippen LogP contribution in [0.25, 0.3) is 0 Å². The zero-order valence-corrected chi connectivity index (χ0v) is 18.3. The van der Waals surface area contributed by atoms with Crippen molar-refractivity contribution in [2.45, 2.75) is 6.92 Å². The quantitative estimate of drug-likeness (QED) is 0.288. The molecule has 1 saturated heterocycles. The Hall–Kier alpha value is 0.370. The van der Waals surface area contributed by atoms with Gasteiger partial charge in [-0.15, -0.1) is 0 Å². The van der Waals surface area contributed by atoms with Crippen LogP contribution in [0.15, 0.2) is 0 Å². The van der Waals surface area contributed by atoms with E-state index >= 15 is 0 Å². The summed E-state index contributed by atoms with van der Waals surface area (Å²) in [5.74, 6) is 0. The molecule has 3 atom stereocenters. The van der Waals surface area contributed by atoms with E-state index in [9.17, 15) is 28.4 Å². The molecule has 5 N–H and O–H groups in total. The van der Waals surface area contributed by atoms with Crippen molar-refractivity contribution in [2.75, 3.05) is 77.0 Å². The van der Waals surface area contributed by atoms with Crippen LogP contribution in [0, 0.1) is 0 Å². The second kappa shape index (κ2) is 11.0. The van der Waals surface area contributed by atoms with Crippen molar-refractivity contribution in [3.8, 4) is 0 Å². The lowest BCUT2D eigenvalue weighted by Crippen LogP contribution is -2.37. The summed E-state index contributed by atoms with van der Waals surface area (Å²) >= 11 is 0. The summed E-state index contributed by atoms with van der Waals surface area (Å²) in [5, 5.41) is 18.1. The number of hydrogen-bond acceptors (Lipinski definition) is 8. The first kappa shape index (κ1) is 25.4. The monoisotopic (exact) mass is 451 g/mol. The minimum Gasteiger partial charge on any atom is -0.386 e. The van der Waals surface area contributed by atoms with Gasteiger partial charge in [-0.3, -0.25) is 28.4 Å². The highest BCUT2D eigenvalue weighted by atomic mass is 31.2. The van der Waals surface area contributed by atoms with Gasteiger partial charge in [-0.05, 0) is 0 Å². The van der Waals surface area contributed by atoms with Crippen LogP contribution in [0.2, 0.25) is 0 Å². The maximum Gasteiger partial charge on any atom is 0.238 e. The van der Waals surface area contributed by atoms with Gasteiger partial charge in [0.1, 0.15) is 12.7 Å². The lowest BCUT2D eigenvalue weighted by atomic mass is 10.5. The lowest BCUT2D eigenvalue weighted by molar-refractivity contribution is 0.239. The Kier molecular flexibility index (Phi) is 10.3. The molecule has 0 amide bonds. The molecule has 1 fully saturated rings. The average molecular weight is 451 g/mol. The van der Waals surface area contributed by atoms with Crippen LogP contribution in [0.1, 0.15) is 6.92 Å². The summed E-state index contributed by atoms with van der Waals surface area (Å²) < 4.78 is 35.9. The number of nitrogens with zero attached hydrogens (tertiary/aromatic N) is 3. The average Bonchev–Trinajstić information content (AvgIpc) is 2.67. The number of rotatable bonds is 9. The van der Waals surface area contributed by atoms with E-state index in [1.165, 1.54) is 0 Å². The van der Waals surface area contributed by atoms with Crippen molar-refractivity contribution in [1.29, 1.82) is 0 Å². The molecule has 0 aromatic carbocycles. The first-order chi connectivity index (χ1) is 12.4. The van der Waals surface area contributed by atoms with Gasteiger partial charge in [0.15, 0.2) is 0 Å². The van der Waals surface area contributed by atoms with Crippen molar-refractivity contribution < 1.29 is 38.6 Å². The van der Waals surface area contributed by atoms with E-state index in [0.29, 0.717) is 39.3 Å². The molecular formula is C13H32N3O8P3. The van der Waals surface area contributed by atoms with Crippen molar-refractivity contribution >= 4 is 22.1 Å². The first-order valence-corrected chi connectivity index (χ1v) is 14.8. The molecular weight excluding hydrogens is 419 g/mol. The molecule has 162 valence electrons. The summed E-state index contributed by atoms with van der Waals surface area (Å²) in [6.07, 6.45) is -2.04. The van der Waals surface area contributed by atoms with E-state index in [-0.39, 0.29) is 25.0 Å². The molecule has 1 aliphatic rings. The Labute approximate surface area is 159 Å². The minimum atomic E-state index is -3.73. The van der Waals surface area contributed by atoms with Crippen LogP contribution in [-0.2, 0) is 13.7 Å². The van der Waals surface area contributed by atoms with Crippen molar-refractivity contribution in [3.05, 3.63) is 0 Å². The fourth-order valence-electron chi connectivity index (χ4n) is 2.74. The van der Waals surface area contributed by atoms with Crippen LogP contribution in [0.5, 0.6) is 0 Å². The smallest absolute Gasteiger partial charge is 0.238 e. The SMILES string of the molecule is CCP(=O)(O)CN1CCN(CP(=O)(O)CO)CCN(CP(=O)(O)CO)CC1. The normalized spacial score (nSPS) is 25.6. The van der Waals surface area contributed by atoms with Gasteiger partial charge >= 0.3 is 0 Å². The van der Waals surface area contributed by atoms with Crippen molar-refractivity contribution in [3.63, 3.8) is 0 Å². The number of hydrogen-bond donors (Lipinski definition) is 5. The van der Waals surface area contributed by atoms with Crippen LogP contribution >= 0.6 is 22.1 Å². The van der Waals surface area contributed by atoms with Gasteiger partial charge in [0.2, 0.25) is 22.1 Å². The first-order valence-electron chi connectivity index (χ1n) is 8.73. The second-order valence-corrected chi connectivity index (χ2v) is 14.0. The maximum atomic E-state index is 12.1. The summed E-state index contributed by atoms with van der Waals surface area (Å²) in [6.45, 7) is 3.78. The van der Waals surface area contributed by atoms with E-state index in [1.807, 2.05) is 0 Å². The van der Waals surface area contributed by atoms with E-state index in [2.05, 4.69) is 0 Å². The Morgan fingerprint density at radius 3 is 1.11 bits per heavy atom. The zero-order valence-electron chi connectivity index (χ0n) is 15.6. The predicted octanol–water partition coefficient (Wildman–Crippen LogP) is -0.491. The van der Waals surface area contributed by atoms with Crippen LogP contribution in [-0.4, -0.2) is 117 Å². The molecule has 0 saturated carbocycles. The molecule has 11 nitrogen and oxygen atoms in total. The van der Waals surface area contributed by atoms with Crippen LogP contribution in [0.3, 0.4) is 0 Å². The highest BCUT2D eigenvalue weighted by Crippen LogP contribution is 2.42. The topological polar surface area (TPSA) is 162 Å². The molecule has 0 radical (unpaired) electrons. The summed E-state index contributed by atoms with van der Waals surface area (Å²) in [7, 11) is -10.8. The third-order valence-electron chi connectivity index (χ3n) is 4.40. The summed E-state index contributed by atoms with van der Waals surface area (Å²) in [4.78, 5) is 34.5. The second-order valence-electron chi connectivity index (χ2n) is 6.92. The zero-order chi connectivity index (χ0) is 20.7. The molecule has 0 aliphatic carbocycles. The molecule has 1 rings (SSSR count). The van der Waals surface area contributed by atoms with Gasteiger partial charge in [0, 0.05) is 45.4 Å². The van der Waals surface area contributed by atoms with Gasteiger partial charge in [-0.25, -0.2) is 0 Å². The van der Waals surface area contributed by atoms with Crippen molar-refractivity contribution in [2.24, 2.45) is 0 Å². The van der Waals surface area contributed by atoms with Gasteiger partial charge in [0.05, 0.1) is 18.9 Å². The third kappa shape index (κ3) is 10.1. The molecule has 1 aliphatic heterocycles. The van der Waals surface area contributed by atoms with Gasteiger partial charge in [-0.1, -0.05) is 6.92 Å². The van der Waals surface area contributed by atoms with Crippen LogP contribution < -0.4 is 0 Å². The number of aliphatic hydroxyl groups is 2. The Balaban J connectivity index is 2.91. The molecule has 3 unspecified atom stereocenters. The summed E-state index contributed by atoms with van der Waals surface area (Å²) in [5.41, 5.74) is 0. The Morgan fingerprint density at radius 2 is 0.889 bits per heavy atom. The highest BCUT2D eigenvalue weighted by molar-refractivity contribution is 7.58. The fraction of sp³-hybridized carbons (Fsp3) is 1.00. The molecule has 14 heteroatoms. The van der Waals surface area contributed by atoms with E-state index in [1.54, 1.807) is 21.6 Å². The molecule has 0 spiro atoms. The van der Waals surface area contributed by atoms with E-state index < -0.39 is 34.8 Å². The molecule has 0 aromatic heterocycles. The number of aliphatic hydroxyl groups excluding tert-OH is 2. The fourth-order valence-corrected chi connectivity index (χ4v) is 5.84. The molecule has 0 bridgehead atoms. The van der Waals surface area contributed by atoms with E-state index in [4.69, 9.17) is 10.2 Å². The highest BCUT2D eigenvalue weighted by Gasteiger charge is 2.28. The third-order valence-corrected chi connectivity index (χ3v) is 8.79. The van der Waals surface area contributed by atoms with Gasteiger partial charge in [0.25, 0.3) is 0 Å². The lowest BCUT2D eigenvalue weighted by Gasteiger charge is -2.27. The Morgan fingerprint density at radius 1 is 0.630 bits per heavy atom. The minimum absolute atomic E-state index is 0.0290. The van der Waals surface area contributed by atoms with Gasteiger partial charge in [-0.2, -0.15) is 0 Å².